The van der Waals surface area contributed by atoms with Gasteiger partial charge < -0.3 is 9.59 Å². The lowest BCUT2D eigenvalue weighted by atomic mass is 10.5. The van der Waals surface area contributed by atoms with Crippen LogP contribution in [0.4, 0.5) is 0 Å². The van der Waals surface area contributed by atoms with E-state index in [0.29, 0.717) is 0 Å². The summed E-state index contributed by atoms with van der Waals surface area (Å²) in [4.78, 5) is 0. The van der Waals surface area contributed by atoms with Gasteiger partial charge in [-0.05, 0) is 67.4 Å². The van der Waals surface area contributed by atoms with Crippen molar-refractivity contribution in [2.75, 3.05) is 34.3 Å². The summed E-state index contributed by atoms with van der Waals surface area (Å²) < 4.78 is 19.9. The molecule has 17 heavy (non-hydrogen) atoms. The van der Waals surface area contributed by atoms with E-state index in [-0.39, 0.29) is 6.61 Å². The molecule has 0 atom stereocenters. The van der Waals surface area contributed by atoms with Gasteiger partial charge in [-0.2, -0.15) is 0 Å². The minimum atomic E-state index is -3.22. The highest BCUT2D eigenvalue weighted by Crippen LogP contribution is 2.61. The lowest BCUT2D eigenvalue weighted by Gasteiger charge is -2.21. The Balaban J connectivity index is -0.000000177. The smallest absolute Gasteiger partial charge is 0.339 e. The molecule has 0 aliphatic rings. The number of nitrogens with zero attached hydrogens (tertiary/aromatic N) is 1. The Morgan fingerprint density at radius 3 is 1.06 bits per heavy atom. The molecule has 0 heterocycles. The van der Waals surface area contributed by atoms with Crippen molar-refractivity contribution in [1.29, 1.82) is 0 Å². The topological polar surface area (TPSA) is 54.4 Å². The van der Waals surface area contributed by atoms with Crippen LogP contribution in [0.15, 0.2) is 0 Å². The highest BCUT2D eigenvalue weighted by Gasteiger charge is 2.03. The third-order valence-electron chi connectivity index (χ3n) is 0.771. The SMILES string of the molecule is C[N+](C)(C)CCO.O=P(Cl)(Cl)Cl.O=P(Cl)(Cl)Cl. The zero-order chi connectivity index (χ0) is 14.9. The number of hydrogen-bond donors (Lipinski definition) is 1. The second-order valence-electron chi connectivity index (χ2n) is 3.53. The van der Waals surface area contributed by atoms with Crippen LogP contribution in [0, 0.1) is 0 Å². The first-order valence-electron chi connectivity index (χ1n) is 3.85. The normalized spacial score (nSPS) is 11.9. The monoisotopic (exact) mass is 408 g/mol. The van der Waals surface area contributed by atoms with Crippen LogP contribution in [-0.2, 0) is 9.13 Å². The van der Waals surface area contributed by atoms with E-state index >= 15 is 0 Å². The third kappa shape index (κ3) is 126. The van der Waals surface area contributed by atoms with Crippen molar-refractivity contribution in [3.8, 4) is 0 Å². The molecule has 12 heteroatoms. The summed E-state index contributed by atoms with van der Waals surface area (Å²) in [5.74, 6) is 0. The number of halogens is 6. The summed E-state index contributed by atoms with van der Waals surface area (Å²) in [6, 6.07) is 0. The van der Waals surface area contributed by atoms with Gasteiger partial charge in [0, 0.05) is 0 Å². The number of likely N-dealkylation sites (N-methyl/N-ethyl adjacent to an activating group) is 1. The van der Waals surface area contributed by atoms with Gasteiger partial charge in [0.05, 0.1) is 27.7 Å². The Labute approximate surface area is 130 Å². The maximum Gasteiger partial charge on any atom is 0.339 e. The highest BCUT2D eigenvalue weighted by atomic mass is 36.1. The quantitative estimate of drug-likeness (QED) is 0.496. The van der Waals surface area contributed by atoms with Gasteiger partial charge in [0.25, 0.3) is 0 Å². The maximum absolute atomic E-state index is 9.51. The molecule has 0 rings (SSSR count). The van der Waals surface area contributed by atoms with Crippen LogP contribution in [-0.4, -0.2) is 43.9 Å². The van der Waals surface area contributed by atoms with Gasteiger partial charge in [0.2, 0.25) is 0 Å². The standard InChI is InChI=1S/C5H14NO.2Cl3OP/c1-6(2,3)4-5-7;2*1-5(2,3)4/h7H,4-5H2,1-3H3;;/q+1;;. The van der Waals surface area contributed by atoms with E-state index in [4.69, 9.17) is 5.11 Å². The fraction of sp³-hybridized carbons (Fsp3) is 1.00. The minimum Gasteiger partial charge on any atom is -0.391 e. The van der Waals surface area contributed by atoms with Gasteiger partial charge >= 0.3 is 10.4 Å². The number of rotatable bonds is 2. The molecule has 0 saturated heterocycles. The molecule has 0 aromatic rings. The molecule has 0 spiro atoms. The van der Waals surface area contributed by atoms with Crippen LogP contribution in [0.1, 0.15) is 0 Å². The van der Waals surface area contributed by atoms with Crippen molar-refractivity contribution in [2.24, 2.45) is 0 Å². The van der Waals surface area contributed by atoms with Gasteiger partial charge in [0.1, 0.15) is 6.54 Å². The van der Waals surface area contributed by atoms with Crippen LogP contribution in [0.5, 0.6) is 0 Å². The average molecular weight is 411 g/mol. The number of hydrogen-bond acceptors (Lipinski definition) is 3. The summed E-state index contributed by atoms with van der Waals surface area (Å²) in [5, 5.41) is 1.94. The highest BCUT2D eigenvalue weighted by molar-refractivity contribution is 8.25. The zero-order valence-electron chi connectivity index (χ0n) is 9.29. The minimum absolute atomic E-state index is 0.281. The molecule has 0 saturated carbocycles. The maximum atomic E-state index is 9.51. The molecule has 0 aliphatic carbocycles. The molecule has 0 aromatic carbocycles. The van der Waals surface area contributed by atoms with Crippen LogP contribution in [0.2, 0.25) is 0 Å². The molecule has 0 unspecified atom stereocenters. The Morgan fingerprint density at radius 1 is 0.882 bits per heavy atom. The van der Waals surface area contributed by atoms with E-state index in [0.717, 1.165) is 11.0 Å². The molecular formula is C5H14Cl6NO3P2+. The van der Waals surface area contributed by atoms with E-state index in [2.05, 4.69) is 88.6 Å². The lowest BCUT2D eigenvalue weighted by molar-refractivity contribution is -0.870. The van der Waals surface area contributed by atoms with Gasteiger partial charge in [-0.1, -0.05) is 0 Å². The predicted octanol–water partition coefficient (Wildman–Crippen LogP) is 5.31. The lowest BCUT2D eigenvalue weighted by Crippen LogP contribution is -2.36. The second kappa shape index (κ2) is 10.9. The first kappa shape index (κ1) is 24.2. The van der Waals surface area contributed by atoms with Crippen LogP contribution in [0.25, 0.3) is 0 Å². The summed E-state index contributed by atoms with van der Waals surface area (Å²) >= 11 is 27.7. The number of aliphatic hydroxyl groups excluding tert-OH is 1. The van der Waals surface area contributed by atoms with Gasteiger partial charge in [-0.25, -0.2) is 0 Å². The van der Waals surface area contributed by atoms with Crippen molar-refractivity contribution in [2.45, 2.75) is 0 Å². The van der Waals surface area contributed by atoms with E-state index in [1.807, 2.05) is 0 Å². The second-order valence-corrected chi connectivity index (χ2v) is 16.8. The Hall–Kier alpha value is 2.12. The van der Waals surface area contributed by atoms with Crippen molar-refractivity contribution in [1.82, 2.24) is 0 Å². The Morgan fingerprint density at radius 2 is 1.06 bits per heavy atom. The van der Waals surface area contributed by atoms with E-state index in [1.165, 1.54) is 0 Å². The van der Waals surface area contributed by atoms with E-state index < -0.39 is 10.4 Å². The number of aliphatic hydroxyl groups is 1. The van der Waals surface area contributed by atoms with Crippen molar-refractivity contribution in [3.63, 3.8) is 0 Å². The van der Waals surface area contributed by atoms with Crippen molar-refractivity contribution >= 4 is 77.8 Å². The summed E-state index contributed by atoms with van der Waals surface area (Å²) in [5.41, 5.74) is 0. The molecular weight excluding hydrogens is 397 g/mol. The molecule has 0 fully saturated rings. The molecule has 0 aromatic heterocycles. The molecule has 108 valence electrons. The molecule has 0 bridgehead atoms. The van der Waals surface area contributed by atoms with E-state index in [9.17, 15) is 9.13 Å². The van der Waals surface area contributed by atoms with E-state index in [1.54, 1.807) is 0 Å². The molecule has 0 radical (unpaired) electrons. The van der Waals surface area contributed by atoms with Crippen molar-refractivity contribution in [3.05, 3.63) is 0 Å². The first-order chi connectivity index (χ1) is 7.06. The summed E-state index contributed by atoms with van der Waals surface area (Å²) in [6.07, 6.45) is 0. The summed E-state index contributed by atoms with van der Waals surface area (Å²) in [6.45, 7) is 1.11. The van der Waals surface area contributed by atoms with Crippen molar-refractivity contribution < 1.29 is 18.7 Å². The molecule has 0 aliphatic heterocycles. The first-order valence-corrected chi connectivity index (χ1v) is 12.7. The summed E-state index contributed by atoms with van der Waals surface area (Å²) in [7, 11) is 6.16. The van der Waals surface area contributed by atoms with Gasteiger partial charge in [-0.15, -0.1) is 0 Å². The largest absolute Gasteiger partial charge is 0.391 e. The fourth-order valence-electron chi connectivity index (χ4n) is 0.300. The third-order valence-corrected chi connectivity index (χ3v) is 0.771. The fourth-order valence-corrected chi connectivity index (χ4v) is 0.300. The van der Waals surface area contributed by atoms with Crippen LogP contribution >= 0.6 is 77.8 Å². The Bertz CT molecular complexity index is 235. The van der Waals surface area contributed by atoms with Gasteiger partial charge in [-0.3, -0.25) is 9.13 Å². The Kier molecular flexibility index (Phi) is 15.4. The number of quaternary nitrogens is 1. The predicted molar refractivity (Wildman–Crippen MR) is 80.3 cm³/mol. The average Bonchev–Trinajstić information content (AvgIpc) is 1.73. The molecule has 4 nitrogen and oxygen atoms in total. The van der Waals surface area contributed by atoms with Crippen LogP contribution < -0.4 is 0 Å². The molecule has 0 amide bonds. The molecule has 1 N–H and O–H groups in total. The van der Waals surface area contributed by atoms with Gasteiger partial charge in [0.15, 0.2) is 0 Å². The van der Waals surface area contributed by atoms with Crippen LogP contribution in [0.3, 0.4) is 0 Å². The zero-order valence-corrected chi connectivity index (χ0v) is 15.6.